The summed E-state index contributed by atoms with van der Waals surface area (Å²) in [5, 5.41) is 21.7. The highest BCUT2D eigenvalue weighted by Crippen LogP contribution is 2.50. The zero-order valence-electron chi connectivity index (χ0n) is 14.1. The van der Waals surface area contributed by atoms with Gasteiger partial charge in [0.2, 0.25) is 0 Å². The van der Waals surface area contributed by atoms with Crippen LogP contribution in [0.25, 0.3) is 0 Å². The zero-order chi connectivity index (χ0) is 16.4. The van der Waals surface area contributed by atoms with Crippen LogP contribution in [0.5, 0.6) is 0 Å². The second kappa shape index (κ2) is 5.63. The first-order chi connectivity index (χ1) is 11.6. The molecule has 0 amide bonds. The van der Waals surface area contributed by atoms with E-state index in [4.69, 9.17) is 18.9 Å². The summed E-state index contributed by atoms with van der Waals surface area (Å²) < 4.78 is 24.8. The third-order valence-corrected chi connectivity index (χ3v) is 6.63. The molecule has 2 saturated heterocycles. The monoisotopic (exact) mass is 340 g/mol. The molecule has 3 aliphatic carbocycles. The molecule has 2 heterocycles. The molecule has 5 aliphatic rings. The standard InChI is InChI=1S/C18H28O6/c19-11-13-14(22-17(21-13)7-3-1-4-8-17)12(20)16-15(11)23-18(24-16)9-5-2-6-10-18/h11-16,19-20H,1-10H2/t11-,12-,13-,14-,15-,16+/m0/s1. The number of fused-ring (bicyclic) bond motifs is 2. The molecular weight excluding hydrogens is 312 g/mol. The minimum absolute atomic E-state index is 0.526. The van der Waals surface area contributed by atoms with Gasteiger partial charge in [0.05, 0.1) is 0 Å². The summed E-state index contributed by atoms with van der Waals surface area (Å²) in [6, 6.07) is 0. The van der Waals surface area contributed by atoms with Gasteiger partial charge in [-0.25, -0.2) is 0 Å². The van der Waals surface area contributed by atoms with Crippen molar-refractivity contribution >= 4 is 0 Å². The van der Waals surface area contributed by atoms with E-state index in [-0.39, 0.29) is 0 Å². The van der Waals surface area contributed by atoms with Gasteiger partial charge in [0.15, 0.2) is 11.6 Å². The summed E-state index contributed by atoms with van der Waals surface area (Å²) in [5.74, 6) is -1.26. The maximum absolute atomic E-state index is 10.9. The molecular formula is C18H28O6. The van der Waals surface area contributed by atoms with E-state index >= 15 is 0 Å². The molecule has 0 aromatic heterocycles. The van der Waals surface area contributed by atoms with Gasteiger partial charge in [-0.1, -0.05) is 12.8 Å². The van der Waals surface area contributed by atoms with Crippen LogP contribution in [0.15, 0.2) is 0 Å². The van der Waals surface area contributed by atoms with Gasteiger partial charge >= 0.3 is 0 Å². The summed E-state index contributed by atoms with van der Waals surface area (Å²) in [6.07, 6.45) is 6.24. The number of ether oxygens (including phenoxy) is 4. The fraction of sp³-hybridized carbons (Fsp3) is 1.00. The van der Waals surface area contributed by atoms with Gasteiger partial charge in [0.25, 0.3) is 0 Å². The smallest absolute Gasteiger partial charge is 0.169 e. The molecule has 3 saturated carbocycles. The molecule has 6 nitrogen and oxygen atoms in total. The van der Waals surface area contributed by atoms with Crippen molar-refractivity contribution in [2.45, 2.75) is 112 Å². The Balaban J connectivity index is 1.38. The van der Waals surface area contributed by atoms with Crippen LogP contribution in [0.1, 0.15) is 64.2 Å². The molecule has 24 heavy (non-hydrogen) atoms. The van der Waals surface area contributed by atoms with Crippen LogP contribution in [0, 0.1) is 0 Å². The van der Waals surface area contributed by atoms with Crippen molar-refractivity contribution < 1.29 is 29.2 Å². The molecule has 0 radical (unpaired) electrons. The maximum atomic E-state index is 10.9. The maximum Gasteiger partial charge on any atom is 0.169 e. The first-order valence-electron chi connectivity index (χ1n) is 9.69. The fourth-order valence-electron chi connectivity index (χ4n) is 5.40. The minimum atomic E-state index is -0.814. The van der Waals surface area contributed by atoms with Gasteiger partial charge in [-0.2, -0.15) is 0 Å². The molecule has 2 spiro atoms. The topological polar surface area (TPSA) is 77.4 Å². The summed E-state index contributed by atoms with van der Waals surface area (Å²) in [7, 11) is 0. The fourth-order valence-corrected chi connectivity index (χ4v) is 5.40. The normalized spacial score (nSPS) is 49.2. The molecule has 2 N–H and O–H groups in total. The number of aliphatic hydroxyl groups excluding tert-OH is 2. The SMILES string of the molecule is O[C@@H]1[C@H]2OC3(CCCCC3)O[C@H]2[C@@H](O)[C@@H]2OC3(CCCCC3)O[C@@H]12. The number of aliphatic hydroxyl groups is 2. The van der Waals surface area contributed by atoms with Crippen LogP contribution in [0.3, 0.4) is 0 Å². The van der Waals surface area contributed by atoms with Crippen LogP contribution in [0.2, 0.25) is 0 Å². The molecule has 6 heteroatoms. The van der Waals surface area contributed by atoms with E-state index in [1.807, 2.05) is 0 Å². The van der Waals surface area contributed by atoms with E-state index < -0.39 is 48.2 Å². The number of rotatable bonds is 0. The summed E-state index contributed by atoms with van der Waals surface area (Å²) in [5.41, 5.74) is 0. The lowest BCUT2D eigenvalue weighted by atomic mass is 9.85. The molecule has 0 bridgehead atoms. The Hall–Kier alpha value is -0.240. The van der Waals surface area contributed by atoms with Crippen molar-refractivity contribution in [1.82, 2.24) is 0 Å². The van der Waals surface area contributed by atoms with Gasteiger partial charge in [0.1, 0.15) is 36.6 Å². The lowest BCUT2D eigenvalue weighted by Gasteiger charge is -2.38. The third-order valence-electron chi connectivity index (χ3n) is 6.63. The molecule has 5 rings (SSSR count). The van der Waals surface area contributed by atoms with E-state index in [1.54, 1.807) is 0 Å². The Labute approximate surface area is 142 Å². The van der Waals surface area contributed by atoms with E-state index in [1.165, 1.54) is 12.8 Å². The Morgan fingerprint density at radius 3 is 1.08 bits per heavy atom. The highest BCUT2D eigenvalue weighted by Gasteiger charge is 2.65. The molecule has 0 aromatic carbocycles. The molecule has 136 valence electrons. The molecule has 5 fully saturated rings. The predicted molar refractivity (Wildman–Crippen MR) is 83.1 cm³/mol. The second-order valence-electron chi connectivity index (χ2n) is 8.25. The summed E-state index contributed by atoms with van der Waals surface area (Å²) in [4.78, 5) is 0. The summed E-state index contributed by atoms with van der Waals surface area (Å²) in [6.45, 7) is 0. The highest BCUT2D eigenvalue weighted by molar-refractivity contribution is 5.09. The average molecular weight is 340 g/mol. The van der Waals surface area contributed by atoms with E-state index in [9.17, 15) is 10.2 Å². The first kappa shape index (κ1) is 16.0. The van der Waals surface area contributed by atoms with Gasteiger partial charge in [-0.3, -0.25) is 0 Å². The largest absolute Gasteiger partial charge is 0.387 e. The van der Waals surface area contributed by atoms with Crippen molar-refractivity contribution in [3.05, 3.63) is 0 Å². The second-order valence-corrected chi connectivity index (χ2v) is 8.25. The average Bonchev–Trinajstić information content (AvgIpc) is 3.14. The van der Waals surface area contributed by atoms with Crippen molar-refractivity contribution in [1.29, 1.82) is 0 Å². The number of hydrogen-bond donors (Lipinski definition) is 2. The van der Waals surface area contributed by atoms with Crippen LogP contribution in [-0.4, -0.2) is 58.4 Å². The van der Waals surface area contributed by atoms with Crippen molar-refractivity contribution in [3.8, 4) is 0 Å². The van der Waals surface area contributed by atoms with Crippen molar-refractivity contribution in [2.75, 3.05) is 0 Å². The Morgan fingerprint density at radius 2 is 0.792 bits per heavy atom. The zero-order valence-corrected chi connectivity index (χ0v) is 14.1. The number of hydrogen-bond acceptors (Lipinski definition) is 6. The third kappa shape index (κ3) is 2.31. The van der Waals surface area contributed by atoms with Crippen LogP contribution in [-0.2, 0) is 18.9 Å². The van der Waals surface area contributed by atoms with E-state index in [0.717, 1.165) is 51.4 Å². The van der Waals surface area contributed by atoms with Crippen molar-refractivity contribution in [2.24, 2.45) is 0 Å². The van der Waals surface area contributed by atoms with E-state index in [2.05, 4.69) is 0 Å². The lowest BCUT2D eigenvalue weighted by molar-refractivity contribution is -0.224. The Bertz CT molecular complexity index is 412. The van der Waals surface area contributed by atoms with Crippen LogP contribution in [0.4, 0.5) is 0 Å². The van der Waals surface area contributed by atoms with Gasteiger partial charge in [-0.15, -0.1) is 0 Å². The predicted octanol–water partition coefficient (Wildman–Crippen LogP) is 1.61. The minimum Gasteiger partial charge on any atom is -0.387 e. The van der Waals surface area contributed by atoms with Crippen LogP contribution >= 0.6 is 0 Å². The summed E-state index contributed by atoms with van der Waals surface area (Å²) >= 11 is 0. The van der Waals surface area contributed by atoms with Crippen LogP contribution < -0.4 is 0 Å². The quantitative estimate of drug-likeness (QED) is 0.698. The Morgan fingerprint density at radius 1 is 0.500 bits per heavy atom. The van der Waals surface area contributed by atoms with Crippen molar-refractivity contribution in [3.63, 3.8) is 0 Å². The molecule has 2 aliphatic heterocycles. The van der Waals surface area contributed by atoms with Gasteiger partial charge < -0.3 is 29.2 Å². The first-order valence-corrected chi connectivity index (χ1v) is 9.69. The van der Waals surface area contributed by atoms with E-state index in [0.29, 0.717) is 0 Å². The highest BCUT2D eigenvalue weighted by atomic mass is 16.8. The lowest BCUT2D eigenvalue weighted by Crippen LogP contribution is -2.61. The molecule has 0 aromatic rings. The van der Waals surface area contributed by atoms with Gasteiger partial charge in [-0.05, 0) is 25.7 Å². The molecule has 6 atom stereocenters. The Kier molecular flexibility index (Phi) is 3.75. The van der Waals surface area contributed by atoms with Gasteiger partial charge in [0, 0.05) is 25.7 Å². The molecule has 0 unspecified atom stereocenters.